The predicted molar refractivity (Wildman–Crippen MR) is 61.4 cm³/mol. The van der Waals surface area contributed by atoms with Gasteiger partial charge in [0.15, 0.2) is 0 Å². The van der Waals surface area contributed by atoms with Crippen LogP contribution in [0.3, 0.4) is 0 Å². The third-order valence-corrected chi connectivity index (χ3v) is 2.35. The smallest absolute Gasteiger partial charge is 0.391 e. The zero-order valence-corrected chi connectivity index (χ0v) is 10.0. The molecular weight excluding hydrogens is 247 g/mol. The van der Waals surface area contributed by atoms with Crippen molar-refractivity contribution in [2.45, 2.75) is 18.6 Å². The number of nitrogens with two attached hydrogens (primary N) is 1. The molecule has 102 valence electrons. The highest BCUT2D eigenvalue weighted by Crippen LogP contribution is 2.20. The first-order valence-electron chi connectivity index (χ1n) is 5.46. The number of ether oxygens (including phenoxy) is 2. The van der Waals surface area contributed by atoms with Gasteiger partial charge in [-0.2, -0.15) is 13.2 Å². The molecule has 0 radical (unpaired) electrons. The Balaban J connectivity index is 2.38. The van der Waals surface area contributed by atoms with Crippen molar-refractivity contribution in [3.63, 3.8) is 0 Å². The minimum Gasteiger partial charge on any atom is -0.497 e. The molecule has 6 heteroatoms. The van der Waals surface area contributed by atoms with Crippen LogP contribution in [-0.2, 0) is 4.74 Å². The van der Waals surface area contributed by atoms with Crippen LogP contribution in [0.25, 0.3) is 0 Å². The molecule has 1 rings (SSSR count). The van der Waals surface area contributed by atoms with Crippen molar-refractivity contribution in [1.29, 1.82) is 0 Å². The van der Waals surface area contributed by atoms with Gasteiger partial charge >= 0.3 is 6.18 Å². The third-order valence-electron chi connectivity index (χ3n) is 2.35. The van der Waals surface area contributed by atoms with Crippen LogP contribution in [0.4, 0.5) is 13.2 Å². The average molecular weight is 263 g/mol. The Bertz CT molecular complexity index is 369. The van der Waals surface area contributed by atoms with Crippen molar-refractivity contribution >= 4 is 0 Å². The number of alkyl halides is 3. The number of halogens is 3. The average Bonchev–Trinajstić information content (AvgIpc) is 2.33. The number of hydrogen-bond donors (Lipinski definition) is 1. The second-order valence-electron chi connectivity index (χ2n) is 3.82. The minimum atomic E-state index is -4.19. The summed E-state index contributed by atoms with van der Waals surface area (Å²) in [6.45, 7) is -0.329. The Morgan fingerprint density at radius 1 is 1.33 bits per heavy atom. The van der Waals surface area contributed by atoms with E-state index in [9.17, 15) is 13.2 Å². The molecule has 0 fully saturated rings. The Hall–Kier alpha value is -1.27. The lowest BCUT2D eigenvalue weighted by molar-refractivity contribution is -0.145. The normalized spacial score (nSPS) is 13.4. The molecule has 0 aliphatic heterocycles. The van der Waals surface area contributed by atoms with Crippen molar-refractivity contribution in [3.8, 4) is 5.75 Å². The quantitative estimate of drug-likeness (QED) is 0.802. The topological polar surface area (TPSA) is 44.5 Å². The summed E-state index contributed by atoms with van der Waals surface area (Å²) in [5, 5.41) is 0. The van der Waals surface area contributed by atoms with Gasteiger partial charge in [0, 0.05) is 0 Å². The molecule has 2 N–H and O–H groups in total. The maximum atomic E-state index is 11.9. The van der Waals surface area contributed by atoms with Gasteiger partial charge in [-0.15, -0.1) is 0 Å². The van der Waals surface area contributed by atoms with E-state index in [4.69, 9.17) is 15.2 Å². The van der Waals surface area contributed by atoms with Crippen molar-refractivity contribution in [1.82, 2.24) is 0 Å². The van der Waals surface area contributed by atoms with Crippen molar-refractivity contribution in [2.24, 2.45) is 5.73 Å². The highest BCUT2D eigenvalue weighted by Gasteiger charge is 2.26. The van der Waals surface area contributed by atoms with Crippen LogP contribution in [-0.4, -0.2) is 26.5 Å². The van der Waals surface area contributed by atoms with Crippen LogP contribution >= 0.6 is 0 Å². The lowest BCUT2D eigenvalue weighted by Gasteiger charge is -2.14. The van der Waals surface area contributed by atoms with E-state index < -0.39 is 18.6 Å². The van der Waals surface area contributed by atoms with E-state index >= 15 is 0 Å². The fourth-order valence-corrected chi connectivity index (χ4v) is 1.37. The molecule has 18 heavy (non-hydrogen) atoms. The molecule has 0 aliphatic rings. The van der Waals surface area contributed by atoms with Gasteiger partial charge in [0.1, 0.15) is 5.75 Å². The third kappa shape index (κ3) is 5.37. The molecule has 0 saturated heterocycles. The summed E-state index contributed by atoms with van der Waals surface area (Å²) in [7, 11) is 1.53. The molecule has 1 unspecified atom stereocenters. The van der Waals surface area contributed by atoms with Gasteiger partial charge in [-0.25, -0.2) is 0 Å². The maximum absolute atomic E-state index is 11.9. The molecule has 1 aromatic rings. The zero-order valence-electron chi connectivity index (χ0n) is 10.0. The minimum absolute atomic E-state index is 0.0449. The van der Waals surface area contributed by atoms with Gasteiger partial charge < -0.3 is 15.2 Å². The Morgan fingerprint density at radius 3 is 2.67 bits per heavy atom. The van der Waals surface area contributed by atoms with Crippen LogP contribution in [0, 0.1) is 0 Å². The van der Waals surface area contributed by atoms with E-state index in [2.05, 4.69) is 0 Å². The van der Waals surface area contributed by atoms with Crippen LogP contribution < -0.4 is 10.5 Å². The fourth-order valence-electron chi connectivity index (χ4n) is 1.37. The number of methoxy groups -OCH3 is 1. The Kier molecular flexibility index (Phi) is 5.43. The summed E-state index contributed by atoms with van der Waals surface area (Å²) in [5.74, 6) is 0.651. The van der Waals surface area contributed by atoms with Gasteiger partial charge in [-0.1, -0.05) is 12.1 Å². The Labute approximate surface area is 104 Å². The van der Waals surface area contributed by atoms with Crippen molar-refractivity contribution in [3.05, 3.63) is 29.8 Å². The SMILES string of the molecule is COc1cccc(C(N)COCCC(F)(F)F)c1. The predicted octanol–water partition coefficient (Wildman–Crippen LogP) is 2.66. The number of rotatable bonds is 6. The van der Waals surface area contributed by atoms with Gasteiger partial charge in [0.2, 0.25) is 0 Å². The molecule has 0 spiro atoms. The van der Waals surface area contributed by atoms with E-state index in [0.717, 1.165) is 5.56 Å². The fraction of sp³-hybridized carbons (Fsp3) is 0.500. The van der Waals surface area contributed by atoms with E-state index in [1.54, 1.807) is 24.3 Å². The van der Waals surface area contributed by atoms with Crippen molar-refractivity contribution < 1.29 is 22.6 Å². The van der Waals surface area contributed by atoms with E-state index in [-0.39, 0.29) is 13.2 Å². The molecular formula is C12H16F3NO2. The highest BCUT2D eigenvalue weighted by atomic mass is 19.4. The largest absolute Gasteiger partial charge is 0.497 e. The molecule has 0 aliphatic carbocycles. The van der Waals surface area contributed by atoms with Crippen LogP contribution in [0.15, 0.2) is 24.3 Å². The highest BCUT2D eigenvalue weighted by molar-refractivity contribution is 5.30. The molecule has 0 bridgehead atoms. The van der Waals surface area contributed by atoms with E-state index in [1.165, 1.54) is 7.11 Å². The first-order chi connectivity index (χ1) is 8.42. The van der Waals surface area contributed by atoms with Crippen molar-refractivity contribution in [2.75, 3.05) is 20.3 Å². The second-order valence-corrected chi connectivity index (χ2v) is 3.82. The van der Waals surface area contributed by atoms with Gasteiger partial charge in [-0.3, -0.25) is 0 Å². The van der Waals surface area contributed by atoms with Gasteiger partial charge in [0.25, 0.3) is 0 Å². The number of hydrogen-bond acceptors (Lipinski definition) is 3. The maximum Gasteiger partial charge on any atom is 0.391 e. The summed E-state index contributed by atoms with van der Waals surface area (Å²) in [5.41, 5.74) is 6.57. The monoisotopic (exact) mass is 263 g/mol. The molecule has 0 saturated carbocycles. The summed E-state index contributed by atoms with van der Waals surface area (Å²) in [4.78, 5) is 0. The first-order valence-corrected chi connectivity index (χ1v) is 5.46. The summed E-state index contributed by atoms with van der Waals surface area (Å²) >= 11 is 0. The van der Waals surface area contributed by atoms with Crippen LogP contribution in [0.1, 0.15) is 18.0 Å². The molecule has 0 heterocycles. The Morgan fingerprint density at radius 2 is 2.06 bits per heavy atom. The number of benzene rings is 1. The summed E-state index contributed by atoms with van der Waals surface area (Å²) in [6, 6.07) is 6.58. The van der Waals surface area contributed by atoms with Crippen LogP contribution in [0.5, 0.6) is 5.75 Å². The molecule has 1 aromatic carbocycles. The summed E-state index contributed by atoms with van der Waals surface area (Å²) < 4.78 is 45.6. The van der Waals surface area contributed by atoms with Crippen LogP contribution in [0.2, 0.25) is 0 Å². The molecule has 0 amide bonds. The zero-order chi connectivity index (χ0) is 13.6. The molecule has 1 atom stereocenters. The lowest BCUT2D eigenvalue weighted by atomic mass is 10.1. The van der Waals surface area contributed by atoms with E-state index in [0.29, 0.717) is 5.75 Å². The first kappa shape index (κ1) is 14.8. The standard InChI is InChI=1S/C12H16F3NO2/c1-17-10-4-2-3-9(7-10)11(16)8-18-6-5-12(13,14)15/h2-4,7,11H,5-6,8,16H2,1H3. The van der Waals surface area contributed by atoms with Gasteiger partial charge in [-0.05, 0) is 17.7 Å². The van der Waals surface area contributed by atoms with Gasteiger partial charge in [0.05, 0.1) is 32.8 Å². The lowest BCUT2D eigenvalue weighted by Crippen LogP contribution is -2.19. The molecule has 3 nitrogen and oxygen atoms in total. The molecule has 0 aromatic heterocycles. The van der Waals surface area contributed by atoms with E-state index in [1.807, 2.05) is 0 Å². The second kappa shape index (κ2) is 6.61. The summed E-state index contributed by atoms with van der Waals surface area (Å²) in [6.07, 6.45) is -5.15.